The molecule has 0 aliphatic heterocycles. The number of aryl methyl sites for hydroxylation is 2. The Morgan fingerprint density at radius 3 is 2.68 bits per heavy atom. The highest BCUT2D eigenvalue weighted by atomic mass is 79.9. The number of benzene rings is 2. The predicted molar refractivity (Wildman–Crippen MR) is 93.3 cm³/mol. The quantitative estimate of drug-likeness (QED) is 0.713. The van der Waals surface area contributed by atoms with E-state index in [0.29, 0.717) is 5.56 Å². The largest absolute Gasteiger partial charge is 0.321 e. The monoisotopic (exact) mass is 354 g/mol. The fourth-order valence-corrected chi connectivity index (χ4v) is 2.78. The first-order chi connectivity index (χ1) is 10.5. The summed E-state index contributed by atoms with van der Waals surface area (Å²) in [5, 5.41) is 3.91. The van der Waals surface area contributed by atoms with E-state index in [1.807, 2.05) is 62.4 Å². The smallest absolute Gasteiger partial charge is 0.255 e. The first kappa shape index (κ1) is 14.7. The van der Waals surface area contributed by atoms with Crippen LogP contribution < -0.4 is 5.32 Å². The fourth-order valence-electron chi connectivity index (χ4n) is 2.41. The minimum atomic E-state index is -0.115. The van der Waals surface area contributed by atoms with Gasteiger partial charge in [-0.1, -0.05) is 33.6 Å². The number of nitrogens with one attached hydrogen (secondary N) is 1. The molecule has 1 heterocycles. The van der Waals surface area contributed by atoms with Gasteiger partial charge in [-0.05, 0) is 50.2 Å². The van der Waals surface area contributed by atoms with E-state index in [1.54, 1.807) is 0 Å². The molecule has 110 valence electrons. The minimum Gasteiger partial charge on any atom is -0.321 e. The zero-order valence-electron chi connectivity index (χ0n) is 12.4. The number of fused-ring (bicyclic) bond motifs is 1. The average molecular weight is 355 g/mol. The Labute approximate surface area is 137 Å². The van der Waals surface area contributed by atoms with Crippen LogP contribution in [-0.2, 0) is 0 Å². The Bertz CT molecular complexity index is 874. The SMILES string of the molecule is Cc1cccc(C(=O)Nc2cc(C)nc3ccc(Br)cc23)c1. The molecule has 0 aliphatic carbocycles. The first-order valence-corrected chi connectivity index (χ1v) is 7.77. The number of anilines is 1. The van der Waals surface area contributed by atoms with Gasteiger partial charge < -0.3 is 5.32 Å². The zero-order valence-corrected chi connectivity index (χ0v) is 13.9. The average Bonchev–Trinajstić information content (AvgIpc) is 2.48. The van der Waals surface area contributed by atoms with Crippen molar-refractivity contribution >= 4 is 38.4 Å². The number of hydrogen-bond acceptors (Lipinski definition) is 2. The van der Waals surface area contributed by atoms with Gasteiger partial charge in [-0.2, -0.15) is 0 Å². The highest BCUT2D eigenvalue weighted by Crippen LogP contribution is 2.27. The van der Waals surface area contributed by atoms with Gasteiger partial charge in [0, 0.05) is 21.1 Å². The lowest BCUT2D eigenvalue weighted by Gasteiger charge is -2.10. The van der Waals surface area contributed by atoms with Crippen molar-refractivity contribution in [2.75, 3.05) is 5.32 Å². The molecule has 3 rings (SSSR count). The number of pyridine rings is 1. The molecule has 22 heavy (non-hydrogen) atoms. The molecule has 1 aromatic heterocycles. The van der Waals surface area contributed by atoms with Gasteiger partial charge in [0.1, 0.15) is 0 Å². The van der Waals surface area contributed by atoms with Gasteiger partial charge in [-0.15, -0.1) is 0 Å². The number of hydrogen-bond donors (Lipinski definition) is 1. The van der Waals surface area contributed by atoms with E-state index >= 15 is 0 Å². The lowest BCUT2D eigenvalue weighted by Crippen LogP contribution is -2.12. The Morgan fingerprint density at radius 2 is 1.91 bits per heavy atom. The van der Waals surface area contributed by atoms with Crippen molar-refractivity contribution in [3.63, 3.8) is 0 Å². The molecule has 0 unspecified atom stereocenters. The molecule has 0 fully saturated rings. The summed E-state index contributed by atoms with van der Waals surface area (Å²) in [6.07, 6.45) is 0. The van der Waals surface area contributed by atoms with Gasteiger partial charge in [-0.25, -0.2) is 0 Å². The van der Waals surface area contributed by atoms with E-state index in [4.69, 9.17) is 0 Å². The standard InChI is InChI=1S/C18H15BrN2O/c1-11-4-3-5-13(8-11)18(22)21-17-9-12(2)20-16-7-6-14(19)10-15(16)17/h3-10H,1-2H3,(H,20,21,22). The van der Waals surface area contributed by atoms with Crippen LogP contribution in [0.5, 0.6) is 0 Å². The Hall–Kier alpha value is -2.20. The third-order valence-corrected chi connectivity index (χ3v) is 3.92. The predicted octanol–water partition coefficient (Wildman–Crippen LogP) is 4.87. The molecule has 0 atom stereocenters. The maximum Gasteiger partial charge on any atom is 0.255 e. The van der Waals surface area contributed by atoms with Crippen LogP contribution in [0, 0.1) is 13.8 Å². The number of amides is 1. The number of nitrogens with zero attached hydrogens (tertiary/aromatic N) is 1. The van der Waals surface area contributed by atoms with Gasteiger partial charge in [0.2, 0.25) is 0 Å². The van der Waals surface area contributed by atoms with Crippen LogP contribution in [0.4, 0.5) is 5.69 Å². The summed E-state index contributed by atoms with van der Waals surface area (Å²) in [5.41, 5.74) is 4.22. The summed E-state index contributed by atoms with van der Waals surface area (Å²) < 4.78 is 0.955. The van der Waals surface area contributed by atoms with Gasteiger partial charge in [-0.3, -0.25) is 9.78 Å². The molecule has 1 amide bonds. The molecule has 0 bridgehead atoms. The molecular formula is C18H15BrN2O. The van der Waals surface area contributed by atoms with Crippen molar-refractivity contribution in [1.82, 2.24) is 4.98 Å². The summed E-state index contributed by atoms with van der Waals surface area (Å²) in [5.74, 6) is -0.115. The summed E-state index contributed by atoms with van der Waals surface area (Å²) >= 11 is 3.47. The van der Waals surface area contributed by atoms with Crippen LogP contribution in [0.1, 0.15) is 21.6 Å². The van der Waals surface area contributed by atoms with Crippen LogP contribution >= 0.6 is 15.9 Å². The minimum absolute atomic E-state index is 0.115. The summed E-state index contributed by atoms with van der Waals surface area (Å²) in [4.78, 5) is 17.0. The molecule has 0 radical (unpaired) electrons. The van der Waals surface area contributed by atoms with Gasteiger partial charge in [0.15, 0.2) is 0 Å². The second-order valence-corrected chi connectivity index (χ2v) is 6.21. The molecule has 4 heteroatoms. The molecule has 3 aromatic rings. The molecule has 2 aromatic carbocycles. The van der Waals surface area contributed by atoms with E-state index in [9.17, 15) is 4.79 Å². The maximum absolute atomic E-state index is 12.5. The maximum atomic E-state index is 12.5. The summed E-state index contributed by atoms with van der Waals surface area (Å²) in [6.45, 7) is 3.89. The first-order valence-electron chi connectivity index (χ1n) is 6.98. The highest BCUT2D eigenvalue weighted by Gasteiger charge is 2.10. The van der Waals surface area contributed by atoms with Crippen LogP contribution in [-0.4, -0.2) is 10.9 Å². The summed E-state index contributed by atoms with van der Waals surface area (Å²) in [6, 6.07) is 15.3. The van der Waals surface area contributed by atoms with Gasteiger partial charge >= 0.3 is 0 Å². The van der Waals surface area contributed by atoms with E-state index in [1.165, 1.54) is 0 Å². The second-order valence-electron chi connectivity index (χ2n) is 5.30. The van der Waals surface area contributed by atoms with Crippen LogP contribution in [0.15, 0.2) is 53.0 Å². The number of carbonyl (C=O) groups is 1. The number of halogens is 1. The highest BCUT2D eigenvalue weighted by molar-refractivity contribution is 9.10. The van der Waals surface area contributed by atoms with Gasteiger partial charge in [0.25, 0.3) is 5.91 Å². The summed E-state index contributed by atoms with van der Waals surface area (Å²) in [7, 11) is 0. The van der Waals surface area contributed by atoms with E-state index in [0.717, 1.165) is 32.3 Å². The molecule has 0 aliphatic rings. The Balaban J connectivity index is 2.03. The van der Waals surface area contributed by atoms with Crippen molar-refractivity contribution in [1.29, 1.82) is 0 Å². The zero-order chi connectivity index (χ0) is 15.7. The van der Waals surface area contributed by atoms with Crippen molar-refractivity contribution in [2.24, 2.45) is 0 Å². The molecular weight excluding hydrogens is 340 g/mol. The fraction of sp³-hybridized carbons (Fsp3) is 0.111. The Morgan fingerprint density at radius 1 is 1.09 bits per heavy atom. The molecule has 0 spiro atoms. The number of aromatic nitrogens is 1. The molecule has 3 nitrogen and oxygen atoms in total. The van der Waals surface area contributed by atoms with Crippen LogP contribution in [0.3, 0.4) is 0 Å². The van der Waals surface area contributed by atoms with Crippen molar-refractivity contribution in [3.05, 3.63) is 69.8 Å². The number of rotatable bonds is 2. The van der Waals surface area contributed by atoms with Crippen molar-refractivity contribution < 1.29 is 4.79 Å². The van der Waals surface area contributed by atoms with Crippen molar-refractivity contribution in [3.8, 4) is 0 Å². The van der Waals surface area contributed by atoms with Crippen LogP contribution in [0.2, 0.25) is 0 Å². The third kappa shape index (κ3) is 3.02. The normalized spacial score (nSPS) is 10.7. The van der Waals surface area contributed by atoms with Crippen molar-refractivity contribution in [2.45, 2.75) is 13.8 Å². The van der Waals surface area contributed by atoms with E-state index in [-0.39, 0.29) is 5.91 Å². The van der Waals surface area contributed by atoms with Gasteiger partial charge in [0.05, 0.1) is 11.2 Å². The van der Waals surface area contributed by atoms with E-state index in [2.05, 4.69) is 26.2 Å². The van der Waals surface area contributed by atoms with Crippen LogP contribution in [0.25, 0.3) is 10.9 Å². The molecule has 0 saturated heterocycles. The van der Waals surface area contributed by atoms with E-state index < -0.39 is 0 Å². The lowest BCUT2D eigenvalue weighted by atomic mass is 10.1. The third-order valence-electron chi connectivity index (χ3n) is 3.43. The number of carbonyl (C=O) groups excluding carboxylic acids is 1. The lowest BCUT2D eigenvalue weighted by molar-refractivity contribution is 0.102. The second kappa shape index (κ2) is 5.89. The Kier molecular flexibility index (Phi) is 3.94. The molecule has 0 saturated carbocycles. The molecule has 1 N–H and O–H groups in total. The topological polar surface area (TPSA) is 42.0 Å².